The summed E-state index contributed by atoms with van der Waals surface area (Å²) >= 11 is 9.41. The zero-order valence-corrected chi connectivity index (χ0v) is 12.0. The summed E-state index contributed by atoms with van der Waals surface area (Å²) in [6, 6.07) is 5.30. The number of carbonyl (C=O) groups excluding carboxylic acids is 1. The van der Waals surface area contributed by atoms with Crippen LogP contribution >= 0.6 is 27.5 Å². The van der Waals surface area contributed by atoms with Crippen molar-refractivity contribution >= 4 is 33.4 Å². The predicted molar refractivity (Wildman–Crippen MR) is 72.7 cm³/mol. The quantitative estimate of drug-likeness (QED) is 0.906. The molecular weight excluding hydrogens is 318 g/mol. The van der Waals surface area contributed by atoms with Crippen LogP contribution < -0.4 is 0 Å². The van der Waals surface area contributed by atoms with Crippen molar-refractivity contribution in [3.8, 4) is 0 Å². The first-order chi connectivity index (χ1) is 8.51. The second-order valence-corrected chi connectivity index (χ2v) is 6.37. The lowest BCUT2D eigenvalue weighted by molar-refractivity contribution is -0.0958. The molecule has 1 saturated heterocycles. The molecule has 1 heterocycles. The van der Waals surface area contributed by atoms with E-state index in [9.17, 15) is 9.90 Å². The average Bonchev–Trinajstić information content (AvgIpc) is 3.12. The van der Waals surface area contributed by atoms with E-state index in [-0.39, 0.29) is 5.91 Å². The Morgan fingerprint density at radius 3 is 2.72 bits per heavy atom. The summed E-state index contributed by atoms with van der Waals surface area (Å²) in [6.07, 6.45) is 2.16. The van der Waals surface area contributed by atoms with Crippen LogP contribution in [-0.2, 0) is 0 Å². The molecule has 0 atom stereocenters. The molecule has 0 unspecified atom stereocenters. The molecule has 1 aliphatic heterocycles. The maximum Gasteiger partial charge on any atom is 0.255 e. The van der Waals surface area contributed by atoms with Gasteiger partial charge in [0.2, 0.25) is 0 Å². The van der Waals surface area contributed by atoms with Crippen LogP contribution in [0.15, 0.2) is 22.7 Å². The normalized spacial score (nSPS) is 21.6. The first-order valence-corrected chi connectivity index (χ1v) is 7.14. The molecule has 0 bridgehead atoms. The maximum absolute atomic E-state index is 12.2. The summed E-state index contributed by atoms with van der Waals surface area (Å²) in [5.74, 6) is 0.283. The van der Waals surface area contributed by atoms with Crippen LogP contribution in [-0.4, -0.2) is 34.6 Å². The van der Waals surface area contributed by atoms with Gasteiger partial charge < -0.3 is 10.0 Å². The van der Waals surface area contributed by atoms with Crippen LogP contribution in [0.2, 0.25) is 5.02 Å². The van der Waals surface area contributed by atoms with Gasteiger partial charge in [-0.05, 0) is 46.8 Å². The van der Waals surface area contributed by atoms with Crippen molar-refractivity contribution in [2.24, 2.45) is 5.92 Å². The highest BCUT2D eigenvalue weighted by Gasteiger charge is 2.53. The third-order valence-corrected chi connectivity index (χ3v) is 5.03. The molecule has 2 aliphatic rings. The van der Waals surface area contributed by atoms with E-state index in [0.717, 1.165) is 12.8 Å². The van der Waals surface area contributed by atoms with E-state index >= 15 is 0 Å². The minimum atomic E-state index is -0.645. The largest absolute Gasteiger partial charge is 0.386 e. The SMILES string of the molecule is O=C(c1cccc(Br)c1Cl)N1CC(O)(C2CC2)C1. The Bertz CT molecular complexity index is 510. The van der Waals surface area contributed by atoms with E-state index in [2.05, 4.69) is 15.9 Å². The van der Waals surface area contributed by atoms with Crippen molar-refractivity contribution in [1.29, 1.82) is 0 Å². The molecule has 96 valence electrons. The number of β-amino-alcohol motifs (C(OH)–C–C–N with tert-alkyl or cyclic N) is 1. The second kappa shape index (κ2) is 4.22. The highest BCUT2D eigenvalue weighted by molar-refractivity contribution is 9.10. The number of nitrogens with zero attached hydrogens (tertiary/aromatic N) is 1. The molecule has 2 fully saturated rings. The smallest absolute Gasteiger partial charge is 0.255 e. The molecule has 1 N–H and O–H groups in total. The molecule has 1 aromatic rings. The molecule has 3 rings (SSSR count). The van der Waals surface area contributed by atoms with Crippen molar-refractivity contribution in [2.75, 3.05) is 13.1 Å². The van der Waals surface area contributed by atoms with Gasteiger partial charge in [0.15, 0.2) is 0 Å². The van der Waals surface area contributed by atoms with Crippen LogP contribution in [0.1, 0.15) is 23.2 Å². The molecule has 0 radical (unpaired) electrons. The van der Waals surface area contributed by atoms with Crippen molar-refractivity contribution in [3.63, 3.8) is 0 Å². The zero-order chi connectivity index (χ0) is 12.9. The fourth-order valence-electron chi connectivity index (χ4n) is 2.48. The van der Waals surface area contributed by atoms with Gasteiger partial charge in [-0.1, -0.05) is 17.7 Å². The van der Waals surface area contributed by atoms with Crippen LogP contribution in [0, 0.1) is 5.92 Å². The lowest BCUT2D eigenvalue weighted by Gasteiger charge is -2.47. The Labute approximate surface area is 119 Å². The van der Waals surface area contributed by atoms with Gasteiger partial charge in [0.1, 0.15) is 5.60 Å². The fraction of sp³-hybridized carbons (Fsp3) is 0.462. The van der Waals surface area contributed by atoms with Gasteiger partial charge in [-0.3, -0.25) is 4.79 Å². The zero-order valence-electron chi connectivity index (χ0n) is 9.70. The van der Waals surface area contributed by atoms with Gasteiger partial charge in [0.25, 0.3) is 5.91 Å². The standard InChI is InChI=1S/C13H13BrClNO2/c14-10-3-1-2-9(11(10)15)12(17)16-6-13(18,7-16)8-4-5-8/h1-3,8,18H,4-7H2. The molecule has 1 saturated carbocycles. The molecule has 1 aliphatic carbocycles. The minimum absolute atomic E-state index is 0.105. The molecule has 18 heavy (non-hydrogen) atoms. The summed E-state index contributed by atoms with van der Waals surface area (Å²) in [5, 5.41) is 10.6. The van der Waals surface area contributed by atoms with E-state index in [1.807, 2.05) is 0 Å². The molecule has 1 amide bonds. The van der Waals surface area contributed by atoms with E-state index in [1.165, 1.54) is 0 Å². The highest BCUT2D eigenvalue weighted by atomic mass is 79.9. The number of amides is 1. The third kappa shape index (κ3) is 1.96. The van der Waals surface area contributed by atoms with Crippen molar-refractivity contribution in [2.45, 2.75) is 18.4 Å². The van der Waals surface area contributed by atoms with Crippen LogP contribution in [0.25, 0.3) is 0 Å². The molecule has 0 spiro atoms. The van der Waals surface area contributed by atoms with Crippen LogP contribution in [0.4, 0.5) is 0 Å². The Kier molecular flexibility index (Phi) is 2.92. The fourth-order valence-corrected chi connectivity index (χ4v) is 3.05. The van der Waals surface area contributed by atoms with Gasteiger partial charge in [0, 0.05) is 4.47 Å². The number of hydrogen-bond acceptors (Lipinski definition) is 2. The molecule has 0 aromatic heterocycles. The first-order valence-electron chi connectivity index (χ1n) is 5.97. The molecule has 3 nitrogen and oxygen atoms in total. The number of halogens is 2. The monoisotopic (exact) mass is 329 g/mol. The molecular formula is C13H13BrClNO2. The maximum atomic E-state index is 12.2. The highest BCUT2D eigenvalue weighted by Crippen LogP contribution is 2.45. The summed E-state index contributed by atoms with van der Waals surface area (Å²) in [6.45, 7) is 0.860. The Hall–Kier alpha value is -0.580. The first kappa shape index (κ1) is 12.5. The van der Waals surface area contributed by atoms with Crippen molar-refractivity contribution < 1.29 is 9.90 Å². The Balaban J connectivity index is 1.74. The summed E-state index contributed by atoms with van der Waals surface area (Å²) in [5.41, 5.74) is -0.155. The van der Waals surface area contributed by atoms with Crippen molar-refractivity contribution in [3.05, 3.63) is 33.3 Å². The third-order valence-electron chi connectivity index (χ3n) is 3.74. The Morgan fingerprint density at radius 2 is 2.11 bits per heavy atom. The molecule has 1 aromatic carbocycles. The number of rotatable bonds is 2. The predicted octanol–water partition coefficient (Wildman–Crippen LogP) is 2.70. The van der Waals surface area contributed by atoms with Gasteiger partial charge in [-0.2, -0.15) is 0 Å². The Morgan fingerprint density at radius 1 is 1.44 bits per heavy atom. The second-order valence-electron chi connectivity index (χ2n) is 5.14. The number of carbonyl (C=O) groups is 1. The van der Waals surface area contributed by atoms with Crippen molar-refractivity contribution in [1.82, 2.24) is 4.90 Å². The summed E-state index contributed by atoms with van der Waals surface area (Å²) in [7, 11) is 0. The number of benzene rings is 1. The average molecular weight is 331 g/mol. The number of hydrogen-bond donors (Lipinski definition) is 1. The topological polar surface area (TPSA) is 40.5 Å². The summed E-state index contributed by atoms with van der Waals surface area (Å²) in [4.78, 5) is 13.9. The van der Waals surface area contributed by atoms with E-state index in [4.69, 9.17) is 11.6 Å². The molecule has 5 heteroatoms. The van der Waals surface area contributed by atoms with E-state index < -0.39 is 5.60 Å². The number of aliphatic hydroxyl groups is 1. The minimum Gasteiger partial charge on any atom is -0.386 e. The lowest BCUT2D eigenvalue weighted by atomic mass is 9.88. The lowest BCUT2D eigenvalue weighted by Crippen LogP contribution is -2.64. The van der Waals surface area contributed by atoms with Gasteiger partial charge >= 0.3 is 0 Å². The van der Waals surface area contributed by atoms with Gasteiger partial charge in [-0.15, -0.1) is 0 Å². The number of likely N-dealkylation sites (tertiary alicyclic amines) is 1. The van der Waals surface area contributed by atoms with E-state index in [1.54, 1.807) is 23.1 Å². The van der Waals surface area contributed by atoms with Crippen LogP contribution in [0.5, 0.6) is 0 Å². The van der Waals surface area contributed by atoms with Gasteiger partial charge in [0.05, 0.1) is 23.7 Å². The van der Waals surface area contributed by atoms with E-state index in [0.29, 0.717) is 34.1 Å². The van der Waals surface area contributed by atoms with Crippen LogP contribution in [0.3, 0.4) is 0 Å². The summed E-state index contributed by atoms with van der Waals surface area (Å²) < 4.78 is 0.716. The van der Waals surface area contributed by atoms with Gasteiger partial charge in [-0.25, -0.2) is 0 Å².